The Balaban J connectivity index is 1.27. The Morgan fingerprint density at radius 2 is 0.823 bits per heavy atom. The van der Waals surface area contributed by atoms with Crippen LogP contribution in [-0.2, 0) is 19.2 Å². The second-order valence-corrected chi connectivity index (χ2v) is 15.9. The summed E-state index contributed by atoms with van der Waals surface area (Å²) in [7, 11) is 0. The van der Waals surface area contributed by atoms with E-state index in [2.05, 4.69) is 41.7 Å². The van der Waals surface area contributed by atoms with Crippen molar-refractivity contribution in [3.05, 3.63) is 137 Å². The zero-order chi connectivity index (χ0) is 45.4. The van der Waals surface area contributed by atoms with E-state index < -0.39 is 47.3 Å². The van der Waals surface area contributed by atoms with Gasteiger partial charge in [0.05, 0.1) is 31.5 Å². The number of rotatable bonds is 14. The molecule has 0 aliphatic heterocycles. The van der Waals surface area contributed by atoms with Crippen LogP contribution in [0.4, 0.5) is 34.1 Å². The number of Topliss-reactive ketones (excluding diaryl/α,β-unsaturated/α-hetero) is 2. The maximum Gasteiger partial charge on any atom is 0.258 e. The minimum Gasteiger partial charge on any atom is -0.322 e. The number of azo groups is 2. The van der Waals surface area contributed by atoms with E-state index in [4.69, 9.17) is 69.6 Å². The molecule has 2 atom stereocenters. The Hall–Kier alpha value is -5.74. The van der Waals surface area contributed by atoms with Crippen LogP contribution < -0.4 is 21.3 Å². The lowest BCUT2D eigenvalue weighted by atomic mass is 10.1. The van der Waals surface area contributed by atoms with Gasteiger partial charge in [-0.05, 0) is 112 Å². The molecule has 4 N–H and O–H groups in total. The third-order valence-electron chi connectivity index (χ3n) is 8.71. The Labute approximate surface area is 384 Å². The molecule has 0 heterocycles. The molecule has 62 heavy (non-hydrogen) atoms. The molecule has 0 saturated carbocycles. The van der Waals surface area contributed by atoms with Crippen molar-refractivity contribution in [3.8, 4) is 0 Å². The molecule has 20 heteroatoms. The van der Waals surface area contributed by atoms with Crippen LogP contribution in [0.2, 0.25) is 30.1 Å². The number of nitrogens with one attached hydrogen (secondary N) is 4. The average Bonchev–Trinajstić information content (AvgIpc) is 3.20. The topological polar surface area (TPSA) is 200 Å². The van der Waals surface area contributed by atoms with Crippen molar-refractivity contribution in [1.82, 2.24) is 0 Å². The number of ketones is 2. The zero-order valence-electron chi connectivity index (χ0n) is 32.7. The SMILES string of the molecule is CC(=O)C(/N=N/c1cc(C(=O)Nc2cc(Cl)ccc2C)ccc1Cl)C(=O)Nc1cc(Cl)c(NC(=O)C(/N=N/c2cc(C(=O)Nc3cc(Cl)ccc3C)ccc2Cl)C(C)=O)cc1Cl. The number of hydrogen-bond acceptors (Lipinski definition) is 10. The number of nitrogens with zero attached hydrogens (tertiary/aromatic N) is 4. The highest BCUT2D eigenvalue weighted by molar-refractivity contribution is 6.38. The molecule has 0 bridgehead atoms. The molecular formula is C42H32Cl6N8O6. The summed E-state index contributed by atoms with van der Waals surface area (Å²) in [5.74, 6) is -4.31. The van der Waals surface area contributed by atoms with E-state index in [0.29, 0.717) is 21.4 Å². The number of benzene rings is 5. The first-order valence-corrected chi connectivity index (χ1v) is 20.3. The van der Waals surface area contributed by atoms with Crippen molar-refractivity contribution in [3.63, 3.8) is 0 Å². The van der Waals surface area contributed by atoms with Gasteiger partial charge in [-0.2, -0.15) is 20.5 Å². The van der Waals surface area contributed by atoms with Crippen molar-refractivity contribution in [2.75, 3.05) is 21.3 Å². The van der Waals surface area contributed by atoms with Crippen LogP contribution in [0.1, 0.15) is 45.7 Å². The van der Waals surface area contributed by atoms with Gasteiger partial charge in [0.15, 0.2) is 11.6 Å². The van der Waals surface area contributed by atoms with E-state index in [9.17, 15) is 28.8 Å². The lowest BCUT2D eigenvalue weighted by Gasteiger charge is -2.15. The largest absolute Gasteiger partial charge is 0.322 e. The van der Waals surface area contributed by atoms with E-state index >= 15 is 0 Å². The number of amides is 4. The number of carbonyl (C=O) groups excluding carboxylic acids is 6. The lowest BCUT2D eigenvalue weighted by Crippen LogP contribution is -2.32. The summed E-state index contributed by atoms with van der Waals surface area (Å²) in [6, 6.07) is 17.4. The number of carbonyl (C=O) groups is 6. The van der Waals surface area contributed by atoms with Crippen molar-refractivity contribution < 1.29 is 28.8 Å². The van der Waals surface area contributed by atoms with Crippen LogP contribution in [0, 0.1) is 13.8 Å². The Morgan fingerprint density at radius 3 is 1.18 bits per heavy atom. The first-order chi connectivity index (χ1) is 29.3. The van der Waals surface area contributed by atoms with E-state index in [1.165, 1.54) is 48.5 Å². The van der Waals surface area contributed by atoms with Gasteiger partial charge in [-0.3, -0.25) is 28.8 Å². The lowest BCUT2D eigenvalue weighted by molar-refractivity contribution is -0.127. The minimum atomic E-state index is -1.69. The maximum absolute atomic E-state index is 13.3. The molecule has 318 valence electrons. The predicted octanol–water partition coefficient (Wildman–Crippen LogP) is 12.1. The van der Waals surface area contributed by atoms with Gasteiger partial charge in [-0.25, -0.2) is 0 Å². The van der Waals surface area contributed by atoms with Crippen LogP contribution in [0.15, 0.2) is 105 Å². The smallest absolute Gasteiger partial charge is 0.258 e. The van der Waals surface area contributed by atoms with E-state index in [1.807, 2.05) is 0 Å². The van der Waals surface area contributed by atoms with E-state index in [1.54, 1.807) is 50.2 Å². The molecule has 0 radical (unpaired) electrons. The summed E-state index contributed by atoms with van der Waals surface area (Å²) in [6.45, 7) is 5.82. The van der Waals surface area contributed by atoms with Gasteiger partial charge in [0.2, 0.25) is 12.1 Å². The number of anilines is 4. The van der Waals surface area contributed by atoms with Gasteiger partial charge < -0.3 is 21.3 Å². The molecule has 14 nitrogen and oxygen atoms in total. The third kappa shape index (κ3) is 12.2. The van der Waals surface area contributed by atoms with Gasteiger partial charge in [0.25, 0.3) is 23.6 Å². The van der Waals surface area contributed by atoms with Crippen LogP contribution >= 0.6 is 69.6 Å². The fourth-order valence-electron chi connectivity index (χ4n) is 5.33. The van der Waals surface area contributed by atoms with Crippen LogP contribution in [0.5, 0.6) is 0 Å². The van der Waals surface area contributed by atoms with Crippen LogP contribution in [0.25, 0.3) is 0 Å². The van der Waals surface area contributed by atoms with Crippen molar-refractivity contribution in [2.45, 2.75) is 39.8 Å². The van der Waals surface area contributed by atoms with E-state index in [0.717, 1.165) is 25.0 Å². The Kier molecular flexibility index (Phi) is 15.9. The number of aryl methyl sites for hydroxylation is 2. The highest BCUT2D eigenvalue weighted by Gasteiger charge is 2.27. The third-order valence-corrected chi connectivity index (χ3v) is 10.4. The van der Waals surface area contributed by atoms with E-state index in [-0.39, 0.29) is 54.0 Å². The van der Waals surface area contributed by atoms with Crippen LogP contribution in [0.3, 0.4) is 0 Å². The standard InChI is InChI=1S/C42H32Cl6N8O6/c1-19-5-9-25(43)15-31(19)49-39(59)23-7-11-27(45)35(13-23)53-55-37(21(3)57)41(61)51-33-17-30(48)34(18-29(33)47)52-42(62)38(22(4)58)56-54-36-14-24(8-12-28(36)46)40(60)50-32-16-26(44)10-6-20(32)2/h5-18,37-38H,1-4H3,(H,49,59)(H,50,60)(H,51,61)(H,52,62)/b55-53+,56-54+. The molecule has 0 aliphatic rings. The number of hydrogen-bond donors (Lipinski definition) is 4. The highest BCUT2D eigenvalue weighted by atomic mass is 35.5. The molecule has 5 aromatic rings. The summed E-state index contributed by atoms with van der Waals surface area (Å²) >= 11 is 37.6. The molecule has 0 saturated heterocycles. The van der Waals surface area contributed by atoms with Crippen molar-refractivity contribution in [1.29, 1.82) is 0 Å². The Bertz CT molecular complexity index is 2530. The molecule has 0 spiro atoms. The minimum absolute atomic E-state index is 0.00484. The first-order valence-electron chi connectivity index (χ1n) is 18.0. The molecule has 0 aromatic heterocycles. The molecular weight excluding hydrogens is 925 g/mol. The quantitative estimate of drug-likeness (QED) is 0.0630. The van der Waals surface area contributed by atoms with Crippen molar-refractivity contribution >= 4 is 139 Å². The van der Waals surface area contributed by atoms with Gasteiger partial charge in [0.1, 0.15) is 11.4 Å². The monoisotopic (exact) mass is 954 g/mol. The van der Waals surface area contributed by atoms with Gasteiger partial charge in [-0.15, -0.1) is 0 Å². The molecule has 0 aliphatic carbocycles. The molecule has 5 aromatic carbocycles. The Morgan fingerprint density at radius 1 is 0.452 bits per heavy atom. The zero-order valence-corrected chi connectivity index (χ0v) is 37.3. The summed E-state index contributed by atoms with van der Waals surface area (Å²) in [4.78, 5) is 77.8. The maximum atomic E-state index is 13.3. The summed E-state index contributed by atoms with van der Waals surface area (Å²) < 4.78 is 0. The highest BCUT2D eigenvalue weighted by Crippen LogP contribution is 2.34. The van der Waals surface area contributed by atoms with Gasteiger partial charge in [-0.1, -0.05) is 81.7 Å². The molecule has 0 fully saturated rings. The molecule has 4 amide bonds. The van der Waals surface area contributed by atoms with Crippen LogP contribution in [-0.4, -0.2) is 47.3 Å². The van der Waals surface area contributed by atoms with Gasteiger partial charge >= 0.3 is 0 Å². The fraction of sp³-hybridized carbons (Fsp3) is 0.143. The molecule has 2 unspecified atom stereocenters. The summed E-state index contributed by atoms with van der Waals surface area (Å²) in [5, 5.41) is 27.0. The van der Waals surface area contributed by atoms with Gasteiger partial charge in [0, 0.05) is 32.5 Å². The second-order valence-electron chi connectivity index (χ2n) is 13.4. The second kappa shape index (κ2) is 20.9. The predicted molar refractivity (Wildman–Crippen MR) is 243 cm³/mol. The number of halogens is 6. The molecule has 5 rings (SSSR count). The normalized spacial score (nSPS) is 12.2. The summed E-state index contributed by atoms with van der Waals surface area (Å²) in [5.41, 5.74) is 2.68. The van der Waals surface area contributed by atoms with Crippen molar-refractivity contribution in [2.24, 2.45) is 20.5 Å². The average molecular weight is 957 g/mol. The summed E-state index contributed by atoms with van der Waals surface area (Å²) in [6.07, 6.45) is 0. The fourth-order valence-corrected chi connectivity index (χ4v) is 6.40. The first kappa shape index (κ1) is 47.3.